The standard InChI is InChI=1S/C12H17NO5S2/c1-3-18-11-5-4-9(8-10(11)12(14)15)20(16,17)13-6-7-19-2/h4-5,8,13H,3,6-7H2,1-2H3,(H,14,15). The van der Waals surface area contributed by atoms with Crippen LogP contribution in [0, 0.1) is 0 Å². The van der Waals surface area contributed by atoms with Crippen LogP contribution in [-0.4, -0.2) is 44.7 Å². The van der Waals surface area contributed by atoms with Gasteiger partial charge >= 0.3 is 5.97 Å². The minimum absolute atomic E-state index is 0.0838. The lowest BCUT2D eigenvalue weighted by atomic mass is 10.2. The summed E-state index contributed by atoms with van der Waals surface area (Å²) in [6.07, 6.45) is 1.87. The van der Waals surface area contributed by atoms with E-state index in [1.165, 1.54) is 23.9 Å². The van der Waals surface area contributed by atoms with E-state index >= 15 is 0 Å². The molecule has 1 aromatic rings. The van der Waals surface area contributed by atoms with Gasteiger partial charge in [0.05, 0.1) is 11.5 Å². The molecule has 0 spiro atoms. The highest BCUT2D eigenvalue weighted by Gasteiger charge is 2.19. The summed E-state index contributed by atoms with van der Waals surface area (Å²) in [5.74, 6) is -0.431. The number of carboxylic acids is 1. The molecule has 0 heterocycles. The summed E-state index contributed by atoms with van der Waals surface area (Å²) in [6, 6.07) is 3.80. The van der Waals surface area contributed by atoms with Crippen LogP contribution in [-0.2, 0) is 10.0 Å². The summed E-state index contributed by atoms with van der Waals surface area (Å²) in [5.41, 5.74) is -0.167. The van der Waals surface area contributed by atoms with Crippen molar-refractivity contribution >= 4 is 27.8 Å². The normalized spacial score (nSPS) is 11.3. The molecule has 2 N–H and O–H groups in total. The summed E-state index contributed by atoms with van der Waals surface area (Å²) in [6.45, 7) is 2.32. The number of sulfonamides is 1. The molecule has 0 atom stereocenters. The molecule has 0 amide bonds. The molecule has 0 unspecified atom stereocenters. The SMILES string of the molecule is CCOc1ccc(S(=O)(=O)NCCSC)cc1C(=O)O. The van der Waals surface area contributed by atoms with Crippen LogP contribution in [0.1, 0.15) is 17.3 Å². The molecular formula is C12H17NO5S2. The highest BCUT2D eigenvalue weighted by Crippen LogP contribution is 2.22. The molecule has 0 aliphatic carbocycles. The fraction of sp³-hybridized carbons (Fsp3) is 0.417. The molecule has 6 nitrogen and oxygen atoms in total. The molecule has 0 aliphatic heterocycles. The lowest BCUT2D eigenvalue weighted by molar-refractivity contribution is 0.0692. The number of carboxylic acid groups (broad SMARTS) is 1. The predicted molar refractivity (Wildman–Crippen MR) is 78.1 cm³/mol. The van der Waals surface area contributed by atoms with Gasteiger partial charge < -0.3 is 9.84 Å². The zero-order valence-electron chi connectivity index (χ0n) is 11.3. The van der Waals surface area contributed by atoms with E-state index in [9.17, 15) is 13.2 Å². The van der Waals surface area contributed by atoms with Crippen LogP contribution in [0.4, 0.5) is 0 Å². The van der Waals surface area contributed by atoms with Crippen LogP contribution in [0.3, 0.4) is 0 Å². The topological polar surface area (TPSA) is 92.7 Å². The average molecular weight is 319 g/mol. The third kappa shape index (κ3) is 4.39. The van der Waals surface area contributed by atoms with Crippen molar-refractivity contribution in [2.24, 2.45) is 0 Å². The molecule has 0 radical (unpaired) electrons. The van der Waals surface area contributed by atoms with Crippen LogP contribution < -0.4 is 9.46 Å². The Balaban J connectivity index is 3.07. The van der Waals surface area contributed by atoms with E-state index in [2.05, 4.69) is 4.72 Å². The number of nitrogens with one attached hydrogen (secondary N) is 1. The first-order valence-corrected chi connectivity index (χ1v) is 8.78. The van der Waals surface area contributed by atoms with E-state index in [-0.39, 0.29) is 16.2 Å². The van der Waals surface area contributed by atoms with Crippen LogP contribution in [0.25, 0.3) is 0 Å². The number of ether oxygens (including phenoxy) is 1. The number of aromatic carboxylic acids is 1. The molecule has 0 saturated carbocycles. The van der Waals surface area contributed by atoms with Gasteiger partial charge in [-0.2, -0.15) is 11.8 Å². The number of hydrogen-bond donors (Lipinski definition) is 2. The van der Waals surface area contributed by atoms with E-state index in [1.807, 2.05) is 6.26 Å². The molecule has 0 fully saturated rings. The van der Waals surface area contributed by atoms with Crippen molar-refractivity contribution in [2.45, 2.75) is 11.8 Å². The fourth-order valence-electron chi connectivity index (χ4n) is 1.49. The van der Waals surface area contributed by atoms with Crippen molar-refractivity contribution in [1.29, 1.82) is 0 Å². The summed E-state index contributed by atoms with van der Waals surface area (Å²) in [7, 11) is -3.70. The maximum absolute atomic E-state index is 12.0. The van der Waals surface area contributed by atoms with Crippen LogP contribution >= 0.6 is 11.8 Å². The molecule has 1 rings (SSSR count). The zero-order chi connectivity index (χ0) is 15.2. The first-order valence-electron chi connectivity index (χ1n) is 5.91. The van der Waals surface area contributed by atoms with Crippen molar-refractivity contribution in [1.82, 2.24) is 4.72 Å². The third-order valence-corrected chi connectivity index (χ3v) is 4.46. The average Bonchev–Trinajstić information content (AvgIpc) is 2.39. The smallest absolute Gasteiger partial charge is 0.339 e. The van der Waals surface area contributed by atoms with E-state index < -0.39 is 16.0 Å². The van der Waals surface area contributed by atoms with Gasteiger partial charge in [-0.15, -0.1) is 0 Å². The Bertz CT molecular complexity index is 571. The Morgan fingerprint density at radius 1 is 1.45 bits per heavy atom. The van der Waals surface area contributed by atoms with Gasteiger partial charge in [-0.05, 0) is 31.4 Å². The summed E-state index contributed by atoms with van der Waals surface area (Å²) in [5, 5.41) is 9.10. The summed E-state index contributed by atoms with van der Waals surface area (Å²) < 4.78 is 31.6. The van der Waals surface area contributed by atoms with Gasteiger partial charge in [-0.25, -0.2) is 17.9 Å². The van der Waals surface area contributed by atoms with E-state index in [4.69, 9.17) is 9.84 Å². The predicted octanol–water partition coefficient (Wildman–Crippen LogP) is 1.42. The second-order valence-corrected chi connectivity index (χ2v) is 6.54. The van der Waals surface area contributed by atoms with Gasteiger partial charge in [0, 0.05) is 12.3 Å². The van der Waals surface area contributed by atoms with Gasteiger partial charge in [0.2, 0.25) is 10.0 Å². The zero-order valence-corrected chi connectivity index (χ0v) is 12.9. The Labute approximate surface area is 122 Å². The van der Waals surface area contributed by atoms with Crippen molar-refractivity contribution in [3.8, 4) is 5.75 Å². The van der Waals surface area contributed by atoms with E-state index in [1.54, 1.807) is 6.92 Å². The van der Waals surface area contributed by atoms with Crippen molar-refractivity contribution in [2.75, 3.05) is 25.2 Å². The van der Waals surface area contributed by atoms with Crippen molar-refractivity contribution < 1.29 is 23.1 Å². The quantitative estimate of drug-likeness (QED) is 0.704. The highest BCUT2D eigenvalue weighted by molar-refractivity contribution is 7.98. The Hall–Kier alpha value is -1.25. The maximum Gasteiger partial charge on any atom is 0.339 e. The summed E-state index contributed by atoms with van der Waals surface area (Å²) >= 11 is 1.51. The third-order valence-electron chi connectivity index (χ3n) is 2.39. The van der Waals surface area contributed by atoms with Gasteiger partial charge in [0.15, 0.2) is 0 Å². The first-order chi connectivity index (χ1) is 9.42. The second kappa shape index (κ2) is 7.51. The molecule has 0 aliphatic rings. The molecule has 112 valence electrons. The van der Waals surface area contributed by atoms with E-state index in [0.29, 0.717) is 18.9 Å². The van der Waals surface area contributed by atoms with Crippen molar-refractivity contribution in [3.05, 3.63) is 23.8 Å². The molecule has 0 bridgehead atoms. The van der Waals surface area contributed by atoms with Crippen LogP contribution in [0.5, 0.6) is 5.75 Å². The Kier molecular flexibility index (Phi) is 6.31. The number of carbonyl (C=O) groups is 1. The van der Waals surface area contributed by atoms with Crippen LogP contribution in [0.2, 0.25) is 0 Å². The van der Waals surface area contributed by atoms with Gasteiger partial charge in [-0.3, -0.25) is 0 Å². The van der Waals surface area contributed by atoms with Gasteiger partial charge in [0.25, 0.3) is 0 Å². The van der Waals surface area contributed by atoms with Gasteiger partial charge in [-0.1, -0.05) is 0 Å². The Morgan fingerprint density at radius 2 is 2.15 bits per heavy atom. The molecule has 8 heteroatoms. The molecular weight excluding hydrogens is 302 g/mol. The molecule has 0 aromatic heterocycles. The highest BCUT2D eigenvalue weighted by atomic mass is 32.2. The molecule has 1 aromatic carbocycles. The number of rotatable bonds is 8. The van der Waals surface area contributed by atoms with Crippen molar-refractivity contribution in [3.63, 3.8) is 0 Å². The minimum Gasteiger partial charge on any atom is -0.493 e. The molecule has 0 saturated heterocycles. The molecule has 20 heavy (non-hydrogen) atoms. The first kappa shape index (κ1) is 16.8. The largest absolute Gasteiger partial charge is 0.493 e. The Morgan fingerprint density at radius 3 is 2.70 bits per heavy atom. The van der Waals surface area contributed by atoms with Gasteiger partial charge in [0.1, 0.15) is 11.3 Å². The lowest BCUT2D eigenvalue weighted by Gasteiger charge is -2.10. The van der Waals surface area contributed by atoms with Crippen LogP contribution in [0.15, 0.2) is 23.1 Å². The fourth-order valence-corrected chi connectivity index (χ4v) is 2.98. The maximum atomic E-state index is 12.0. The summed E-state index contributed by atoms with van der Waals surface area (Å²) in [4.78, 5) is 11.1. The minimum atomic E-state index is -3.70. The second-order valence-electron chi connectivity index (χ2n) is 3.79. The monoisotopic (exact) mass is 319 g/mol. The number of thioether (sulfide) groups is 1. The number of benzene rings is 1. The van der Waals surface area contributed by atoms with E-state index in [0.717, 1.165) is 6.07 Å². The lowest BCUT2D eigenvalue weighted by Crippen LogP contribution is -2.26. The number of hydrogen-bond acceptors (Lipinski definition) is 5.